The molecule has 2 rings (SSSR count). The first-order chi connectivity index (χ1) is 11.6. The van der Waals surface area contributed by atoms with Gasteiger partial charge in [-0.2, -0.15) is 0 Å². The molecule has 1 saturated heterocycles. The van der Waals surface area contributed by atoms with Crippen molar-refractivity contribution in [3.63, 3.8) is 0 Å². The minimum Gasteiger partial charge on any atom is -0.452 e. The van der Waals surface area contributed by atoms with Crippen molar-refractivity contribution in [3.05, 3.63) is 35.9 Å². The Hall–Kier alpha value is -1.39. The van der Waals surface area contributed by atoms with Crippen LogP contribution in [0.3, 0.4) is 0 Å². The zero-order valence-electron chi connectivity index (χ0n) is 15.3. The van der Waals surface area contributed by atoms with E-state index in [0.717, 1.165) is 51.1 Å². The maximum Gasteiger partial charge on any atom is 0.306 e. The predicted octanol–water partition coefficient (Wildman–Crippen LogP) is 3.75. The van der Waals surface area contributed by atoms with E-state index in [4.69, 9.17) is 9.47 Å². The molecule has 1 aliphatic rings. The highest BCUT2D eigenvalue weighted by Gasteiger charge is 2.48. The second-order valence-corrected chi connectivity index (χ2v) is 6.45. The SMILES string of the molecule is CCOCCCCN1CCC(OC(=O)CC)(c2ccccc2)C1C. The smallest absolute Gasteiger partial charge is 0.306 e. The minimum absolute atomic E-state index is 0.121. The summed E-state index contributed by atoms with van der Waals surface area (Å²) in [6.07, 6.45) is 3.45. The third-order valence-electron chi connectivity index (χ3n) is 5.03. The lowest BCUT2D eigenvalue weighted by Crippen LogP contribution is -2.44. The van der Waals surface area contributed by atoms with Crippen LogP contribution in [-0.2, 0) is 19.9 Å². The van der Waals surface area contributed by atoms with Crippen molar-refractivity contribution in [1.29, 1.82) is 0 Å². The normalized spacial score (nSPS) is 24.2. The van der Waals surface area contributed by atoms with Crippen molar-refractivity contribution in [2.45, 2.75) is 58.1 Å². The van der Waals surface area contributed by atoms with Gasteiger partial charge in [0.05, 0.1) is 6.04 Å². The van der Waals surface area contributed by atoms with E-state index in [0.29, 0.717) is 6.42 Å². The molecule has 2 atom stereocenters. The van der Waals surface area contributed by atoms with E-state index in [9.17, 15) is 4.79 Å². The maximum absolute atomic E-state index is 12.1. The second-order valence-electron chi connectivity index (χ2n) is 6.45. The highest BCUT2D eigenvalue weighted by atomic mass is 16.6. The van der Waals surface area contributed by atoms with Gasteiger partial charge in [-0.05, 0) is 38.8 Å². The number of nitrogens with zero attached hydrogens (tertiary/aromatic N) is 1. The van der Waals surface area contributed by atoms with E-state index >= 15 is 0 Å². The molecule has 134 valence electrons. The zero-order chi connectivity index (χ0) is 17.4. The van der Waals surface area contributed by atoms with Crippen LogP contribution in [0.5, 0.6) is 0 Å². The summed E-state index contributed by atoms with van der Waals surface area (Å²) in [6.45, 7) is 9.65. The number of rotatable bonds is 9. The minimum atomic E-state index is -0.520. The molecule has 0 spiro atoms. The van der Waals surface area contributed by atoms with E-state index in [1.54, 1.807) is 0 Å². The molecule has 1 aliphatic heterocycles. The number of hydrogen-bond donors (Lipinski definition) is 0. The molecule has 1 aromatic carbocycles. The molecule has 0 aromatic heterocycles. The number of hydrogen-bond acceptors (Lipinski definition) is 4. The maximum atomic E-state index is 12.1. The third kappa shape index (κ3) is 4.37. The lowest BCUT2D eigenvalue weighted by molar-refractivity contribution is -0.163. The summed E-state index contributed by atoms with van der Waals surface area (Å²) < 4.78 is 11.4. The Morgan fingerprint density at radius 3 is 2.67 bits per heavy atom. The number of carbonyl (C=O) groups is 1. The number of unbranched alkanes of at least 4 members (excludes halogenated alkanes) is 1. The fraction of sp³-hybridized carbons (Fsp3) is 0.650. The average molecular weight is 333 g/mol. The Balaban J connectivity index is 2.07. The molecule has 0 amide bonds. The molecule has 4 heteroatoms. The van der Waals surface area contributed by atoms with Crippen LogP contribution >= 0.6 is 0 Å². The van der Waals surface area contributed by atoms with Crippen molar-refractivity contribution in [2.75, 3.05) is 26.3 Å². The van der Waals surface area contributed by atoms with Crippen LogP contribution in [0.15, 0.2) is 30.3 Å². The van der Waals surface area contributed by atoms with Crippen molar-refractivity contribution >= 4 is 5.97 Å². The highest BCUT2D eigenvalue weighted by Crippen LogP contribution is 2.41. The number of likely N-dealkylation sites (tertiary alicyclic amines) is 1. The summed E-state index contributed by atoms with van der Waals surface area (Å²) in [5.74, 6) is -0.121. The van der Waals surface area contributed by atoms with Gasteiger partial charge in [0.2, 0.25) is 0 Å². The van der Waals surface area contributed by atoms with Gasteiger partial charge in [0.25, 0.3) is 0 Å². The van der Waals surface area contributed by atoms with Gasteiger partial charge in [-0.25, -0.2) is 0 Å². The predicted molar refractivity (Wildman–Crippen MR) is 95.9 cm³/mol. The van der Waals surface area contributed by atoms with Crippen LogP contribution < -0.4 is 0 Å². The molecule has 2 unspecified atom stereocenters. The molecule has 0 radical (unpaired) electrons. The van der Waals surface area contributed by atoms with E-state index in [2.05, 4.69) is 24.0 Å². The molecule has 1 heterocycles. The molecule has 1 aromatic rings. The highest BCUT2D eigenvalue weighted by molar-refractivity contribution is 5.70. The van der Waals surface area contributed by atoms with Crippen LogP contribution in [0.4, 0.5) is 0 Å². The summed E-state index contributed by atoms with van der Waals surface area (Å²) in [5.41, 5.74) is 0.588. The fourth-order valence-electron chi connectivity index (χ4n) is 3.55. The molecule has 0 aliphatic carbocycles. The monoisotopic (exact) mass is 333 g/mol. The van der Waals surface area contributed by atoms with Gasteiger partial charge in [0.15, 0.2) is 5.60 Å². The molecule has 1 fully saturated rings. The molecule has 0 bridgehead atoms. The van der Waals surface area contributed by atoms with Crippen LogP contribution in [0, 0.1) is 0 Å². The molecule has 0 saturated carbocycles. The van der Waals surface area contributed by atoms with Crippen molar-refractivity contribution in [2.24, 2.45) is 0 Å². The van der Waals surface area contributed by atoms with Gasteiger partial charge in [0.1, 0.15) is 0 Å². The van der Waals surface area contributed by atoms with Crippen molar-refractivity contribution in [1.82, 2.24) is 4.90 Å². The van der Waals surface area contributed by atoms with Gasteiger partial charge in [-0.15, -0.1) is 0 Å². The van der Waals surface area contributed by atoms with E-state index in [1.165, 1.54) is 0 Å². The van der Waals surface area contributed by atoms with Gasteiger partial charge in [-0.3, -0.25) is 9.69 Å². The number of ether oxygens (including phenoxy) is 2. The topological polar surface area (TPSA) is 38.8 Å². The lowest BCUT2D eigenvalue weighted by Gasteiger charge is -2.36. The first-order valence-corrected chi connectivity index (χ1v) is 9.23. The standard InChI is InChI=1S/C20H31NO3/c1-4-19(22)24-20(18-11-7-6-8-12-18)13-15-21(17(20)3)14-9-10-16-23-5-2/h6-8,11-12,17H,4-5,9-10,13-16H2,1-3H3. The Labute approximate surface area is 146 Å². The first kappa shape index (κ1) is 18.9. The van der Waals surface area contributed by atoms with Crippen LogP contribution in [0.2, 0.25) is 0 Å². The quantitative estimate of drug-likeness (QED) is 0.510. The second kappa shape index (κ2) is 9.19. The first-order valence-electron chi connectivity index (χ1n) is 9.23. The van der Waals surface area contributed by atoms with E-state index < -0.39 is 5.60 Å². The molecule has 24 heavy (non-hydrogen) atoms. The van der Waals surface area contributed by atoms with E-state index in [-0.39, 0.29) is 12.0 Å². The van der Waals surface area contributed by atoms with Crippen molar-refractivity contribution in [3.8, 4) is 0 Å². The average Bonchev–Trinajstić information content (AvgIpc) is 2.92. The molecule has 0 N–H and O–H groups in total. The summed E-state index contributed by atoms with van der Waals surface area (Å²) in [4.78, 5) is 14.5. The van der Waals surface area contributed by atoms with Gasteiger partial charge in [-0.1, -0.05) is 37.3 Å². The summed E-state index contributed by atoms with van der Waals surface area (Å²) in [7, 11) is 0. The lowest BCUT2D eigenvalue weighted by atomic mass is 9.86. The number of benzene rings is 1. The van der Waals surface area contributed by atoms with Crippen molar-refractivity contribution < 1.29 is 14.3 Å². The largest absolute Gasteiger partial charge is 0.452 e. The fourth-order valence-corrected chi connectivity index (χ4v) is 3.55. The molecule has 4 nitrogen and oxygen atoms in total. The Morgan fingerprint density at radius 2 is 2.00 bits per heavy atom. The zero-order valence-corrected chi connectivity index (χ0v) is 15.3. The third-order valence-corrected chi connectivity index (χ3v) is 5.03. The molecular formula is C20H31NO3. The van der Waals surface area contributed by atoms with Gasteiger partial charge < -0.3 is 9.47 Å². The summed E-state index contributed by atoms with van der Waals surface area (Å²) >= 11 is 0. The van der Waals surface area contributed by atoms with Gasteiger partial charge in [0, 0.05) is 32.6 Å². The summed E-state index contributed by atoms with van der Waals surface area (Å²) in [5, 5.41) is 0. The molecular weight excluding hydrogens is 302 g/mol. The van der Waals surface area contributed by atoms with Gasteiger partial charge >= 0.3 is 5.97 Å². The Kier molecular flexibility index (Phi) is 7.25. The van der Waals surface area contributed by atoms with Crippen LogP contribution in [0.1, 0.15) is 52.0 Å². The van der Waals surface area contributed by atoms with Crippen LogP contribution in [0.25, 0.3) is 0 Å². The Bertz CT molecular complexity index is 505. The Morgan fingerprint density at radius 1 is 1.25 bits per heavy atom. The number of carbonyl (C=O) groups excluding carboxylic acids is 1. The van der Waals surface area contributed by atoms with E-state index in [1.807, 2.05) is 32.0 Å². The summed E-state index contributed by atoms with van der Waals surface area (Å²) in [6, 6.07) is 10.4. The number of esters is 1. The van der Waals surface area contributed by atoms with Crippen LogP contribution in [-0.4, -0.2) is 43.2 Å².